The molecule has 7 nitrogen and oxygen atoms in total. The van der Waals surface area contributed by atoms with Gasteiger partial charge in [-0.1, -0.05) is 12.1 Å². The average molecular weight is 417 g/mol. The molecule has 0 spiro atoms. The van der Waals surface area contributed by atoms with Crippen LogP contribution in [0, 0.1) is 6.92 Å². The van der Waals surface area contributed by atoms with Crippen molar-refractivity contribution < 1.29 is 14.3 Å². The molecule has 9 heteroatoms. The Morgan fingerprint density at radius 2 is 1.50 bits per heavy atom. The summed E-state index contributed by atoms with van der Waals surface area (Å²) in [5.41, 5.74) is 2.43. The van der Waals surface area contributed by atoms with Crippen molar-refractivity contribution >= 4 is 57.8 Å². The van der Waals surface area contributed by atoms with Gasteiger partial charge in [0.2, 0.25) is 5.91 Å². The predicted molar refractivity (Wildman–Crippen MR) is 118 cm³/mol. The molecule has 0 aliphatic rings. The first-order chi connectivity index (χ1) is 13.3. The molecule has 0 atom stereocenters. The Labute approximate surface area is 173 Å². The Hall–Kier alpha value is -3.04. The van der Waals surface area contributed by atoms with Gasteiger partial charge in [0.15, 0.2) is 16.8 Å². The highest BCUT2D eigenvalue weighted by Crippen LogP contribution is 2.14. The third kappa shape index (κ3) is 7.68. The van der Waals surface area contributed by atoms with Crippen molar-refractivity contribution in [1.82, 2.24) is 10.6 Å². The third-order valence-electron chi connectivity index (χ3n) is 3.30. The van der Waals surface area contributed by atoms with E-state index >= 15 is 0 Å². The Morgan fingerprint density at radius 3 is 2.04 bits per heavy atom. The summed E-state index contributed by atoms with van der Waals surface area (Å²) in [7, 11) is 0. The zero-order valence-electron chi connectivity index (χ0n) is 15.4. The number of aryl methyl sites for hydroxylation is 1. The summed E-state index contributed by atoms with van der Waals surface area (Å²) in [6, 6.07) is 14.4. The van der Waals surface area contributed by atoms with Crippen LogP contribution in [0.25, 0.3) is 0 Å². The molecule has 2 amide bonds. The van der Waals surface area contributed by atoms with Gasteiger partial charge in [0, 0.05) is 18.3 Å². The average Bonchev–Trinajstić information content (AvgIpc) is 2.61. The van der Waals surface area contributed by atoms with Gasteiger partial charge in [-0.05, 0) is 73.3 Å². The Morgan fingerprint density at radius 1 is 0.929 bits per heavy atom. The number of thiocarbonyl (C=S) groups is 2. The molecule has 146 valence electrons. The zero-order chi connectivity index (χ0) is 20.5. The lowest BCUT2D eigenvalue weighted by molar-refractivity contribution is -0.121. The lowest BCUT2D eigenvalue weighted by Gasteiger charge is -2.12. The van der Waals surface area contributed by atoms with Crippen molar-refractivity contribution in [3.05, 3.63) is 54.1 Å². The highest BCUT2D eigenvalue weighted by atomic mass is 32.1. The molecule has 0 saturated heterocycles. The fourth-order valence-electron chi connectivity index (χ4n) is 2.14. The molecule has 0 radical (unpaired) electrons. The Bertz CT molecular complexity index is 885. The summed E-state index contributed by atoms with van der Waals surface area (Å²) < 4.78 is 5.43. The minimum atomic E-state index is -0.363. The monoisotopic (exact) mass is 416 g/mol. The van der Waals surface area contributed by atoms with Gasteiger partial charge in [-0.15, -0.1) is 0 Å². The fraction of sp³-hybridized carbons (Fsp3) is 0.158. The van der Waals surface area contributed by atoms with Crippen molar-refractivity contribution in [3.63, 3.8) is 0 Å². The second-order valence-corrected chi connectivity index (χ2v) is 6.64. The number of anilines is 2. The van der Waals surface area contributed by atoms with Crippen molar-refractivity contribution in [3.8, 4) is 5.75 Å². The fourth-order valence-corrected chi connectivity index (χ4v) is 2.63. The van der Waals surface area contributed by atoms with Gasteiger partial charge in [-0.3, -0.25) is 14.9 Å². The maximum absolute atomic E-state index is 11.9. The molecule has 0 fully saturated rings. The number of hydrogen-bond acceptors (Lipinski definition) is 5. The summed E-state index contributed by atoms with van der Waals surface area (Å²) in [5.74, 6) is 0.00972. The van der Waals surface area contributed by atoms with E-state index in [9.17, 15) is 9.59 Å². The number of ether oxygens (including phenoxy) is 1. The highest BCUT2D eigenvalue weighted by molar-refractivity contribution is 7.80. The first kappa shape index (κ1) is 21.3. The smallest absolute Gasteiger partial charge is 0.264 e. The van der Waals surface area contributed by atoms with Gasteiger partial charge < -0.3 is 20.7 Å². The van der Waals surface area contributed by atoms with Crippen LogP contribution in [0.3, 0.4) is 0 Å². The molecular weight excluding hydrogens is 396 g/mol. The number of nitrogens with one attached hydrogen (secondary N) is 4. The molecular formula is C19H20N4O3S2. The van der Waals surface area contributed by atoms with E-state index in [1.807, 2.05) is 25.1 Å². The maximum Gasteiger partial charge on any atom is 0.264 e. The van der Waals surface area contributed by atoms with E-state index in [4.69, 9.17) is 29.2 Å². The lowest BCUT2D eigenvalue weighted by atomic mass is 10.2. The number of carbonyl (C=O) groups excluding carboxylic acids is 2. The number of rotatable bonds is 5. The van der Waals surface area contributed by atoms with Crippen molar-refractivity contribution in [2.24, 2.45) is 0 Å². The van der Waals surface area contributed by atoms with Crippen LogP contribution in [-0.2, 0) is 9.59 Å². The molecule has 2 rings (SSSR count). The predicted octanol–water partition coefficient (Wildman–Crippen LogP) is 2.72. The van der Waals surface area contributed by atoms with Crippen LogP contribution >= 0.6 is 24.4 Å². The number of amides is 2. The molecule has 0 aliphatic carbocycles. The minimum absolute atomic E-state index is 0.144. The first-order valence-electron chi connectivity index (χ1n) is 8.31. The summed E-state index contributed by atoms with van der Waals surface area (Å²) >= 11 is 10.1. The molecule has 0 aliphatic heterocycles. The quantitative estimate of drug-likeness (QED) is 0.557. The van der Waals surface area contributed by atoms with Gasteiger partial charge in [-0.2, -0.15) is 0 Å². The van der Waals surface area contributed by atoms with Crippen LogP contribution in [0.1, 0.15) is 12.5 Å². The number of carbonyl (C=O) groups is 2. The largest absolute Gasteiger partial charge is 0.484 e. The second kappa shape index (κ2) is 10.3. The van der Waals surface area contributed by atoms with Crippen molar-refractivity contribution in [2.45, 2.75) is 13.8 Å². The van der Waals surface area contributed by atoms with E-state index in [1.165, 1.54) is 6.92 Å². The molecule has 4 N–H and O–H groups in total. The third-order valence-corrected chi connectivity index (χ3v) is 3.71. The number of benzene rings is 2. The standard InChI is InChI=1S/C19H20N4O3S2/c1-12-4-3-5-16(10-12)26-11-17(25)23-19(28)22-15-8-6-14(7-9-15)21-18(27)20-13(2)24/h3-10H,11H2,1-2H3,(H2,20,21,24,27)(H2,22,23,25,28). The van der Waals surface area contributed by atoms with Crippen LogP contribution in [0.2, 0.25) is 0 Å². The van der Waals surface area contributed by atoms with Gasteiger partial charge >= 0.3 is 0 Å². The van der Waals surface area contributed by atoms with Crippen LogP contribution in [0.4, 0.5) is 11.4 Å². The highest BCUT2D eigenvalue weighted by Gasteiger charge is 2.07. The molecule has 0 unspecified atom stereocenters. The van der Waals surface area contributed by atoms with E-state index in [-0.39, 0.29) is 28.6 Å². The second-order valence-electron chi connectivity index (χ2n) is 5.82. The zero-order valence-corrected chi connectivity index (χ0v) is 17.0. The van der Waals surface area contributed by atoms with E-state index in [2.05, 4.69) is 21.3 Å². The lowest BCUT2D eigenvalue weighted by Crippen LogP contribution is -2.37. The van der Waals surface area contributed by atoms with Crippen molar-refractivity contribution in [1.29, 1.82) is 0 Å². The maximum atomic E-state index is 11.9. The minimum Gasteiger partial charge on any atom is -0.484 e. The normalized spacial score (nSPS) is 9.79. The van der Waals surface area contributed by atoms with Crippen LogP contribution < -0.4 is 26.0 Å². The topological polar surface area (TPSA) is 91.5 Å². The van der Waals surface area contributed by atoms with Gasteiger partial charge in [0.25, 0.3) is 5.91 Å². The van der Waals surface area contributed by atoms with E-state index < -0.39 is 0 Å². The number of hydrogen-bond donors (Lipinski definition) is 4. The molecule has 0 heterocycles. The molecule has 2 aromatic rings. The van der Waals surface area contributed by atoms with Gasteiger partial charge in [0.05, 0.1) is 0 Å². The Balaban J connectivity index is 1.78. The van der Waals surface area contributed by atoms with E-state index in [0.29, 0.717) is 17.1 Å². The van der Waals surface area contributed by atoms with E-state index in [1.54, 1.807) is 30.3 Å². The van der Waals surface area contributed by atoms with Crippen LogP contribution in [0.5, 0.6) is 5.75 Å². The van der Waals surface area contributed by atoms with E-state index in [0.717, 1.165) is 5.56 Å². The van der Waals surface area contributed by atoms with Crippen molar-refractivity contribution in [2.75, 3.05) is 17.2 Å². The molecule has 0 aromatic heterocycles. The van der Waals surface area contributed by atoms with Gasteiger partial charge in [-0.25, -0.2) is 0 Å². The SMILES string of the molecule is CC(=O)NC(=S)Nc1ccc(NC(=S)NC(=O)COc2cccc(C)c2)cc1. The molecule has 0 saturated carbocycles. The van der Waals surface area contributed by atoms with Gasteiger partial charge in [0.1, 0.15) is 5.75 Å². The first-order valence-corrected chi connectivity index (χ1v) is 9.12. The Kier molecular flexibility index (Phi) is 7.85. The van der Waals surface area contributed by atoms with Crippen LogP contribution in [0.15, 0.2) is 48.5 Å². The molecule has 0 bridgehead atoms. The molecule has 2 aromatic carbocycles. The molecule has 28 heavy (non-hydrogen) atoms. The summed E-state index contributed by atoms with van der Waals surface area (Å²) in [6.45, 7) is 3.18. The summed E-state index contributed by atoms with van der Waals surface area (Å²) in [5, 5.41) is 11.2. The summed E-state index contributed by atoms with van der Waals surface area (Å²) in [4.78, 5) is 22.9. The summed E-state index contributed by atoms with van der Waals surface area (Å²) in [6.07, 6.45) is 0. The van der Waals surface area contributed by atoms with Crippen LogP contribution in [-0.4, -0.2) is 28.6 Å².